The molecule has 0 spiro atoms. The van der Waals surface area contributed by atoms with Gasteiger partial charge in [-0.3, -0.25) is 9.48 Å². The molecule has 1 heterocycles. The molecule has 0 unspecified atom stereocenters. The Labute approximate surface area is 110 Å². The van der Waals surface area contributed by atoms with Gasteiger partial charge in [0.1, 0.15) is 11.2 Å². The van der Waals surface area contributed by atoms with Gasteiger partial charge in [-0.15, -0.1) is 0 Å². The number of aliphatic carboxylic acids is 1. The van der Waals surface area contributed by atoms with Gasteiger partial charge in [0, 0.05) is 7.05 Å². The average Bonchev–Trinajstić information content (AvgIpc) is 3.04. The molecule has 19 heavy (non-hydrogen) atoms. The lowest BCUT2D eigenvalue weighted by molar-refractivity contribution is -0.143. The standard InChI is InChI=1S/C12H17N3O4/c1-7-10(8(2)15(3)14-7)19-6-9(16)13-12(4-5-12)11(17)18/h4-6H2,1-3H3,(H,13,16)(H,17,18). The maximum absolute atomic E-state index is 11.7. The maximum Gasteiger partial charge on any atom is 0.329 e. The van der Waals surface area contributed by atoms with Crippen molar-refractivity contribution in [3.63, 3.8) is 0 Å². The van der Waals surface area contributed by atoms with Crippen molar-refractivity contribution in [2.45, 2.75) is 32.2 Å². The monoisotopic (exact) mass is 267 g/mol. The summed E-state index contributed by atoms with van der Waals surface area (Å²) in [7, 11) is 1.79. The van der Waals surface area contributed by atoms with Crippen LogP contribution in [0.3, 0.4) is 0 Å². The fourth-order valence-electron chi connectivity index (χ4n) is 1.92. The first-order valence-electron chi connectivity index (χ1n) is 6.03. The molecule has 104 valence electrons. The molecule has 0 radical (unpaired) electrons. The molecule has 0 atom stereocenters. The molecule has 1 aliphatic carbocycles. The second-order valence-electron chi connectivity index (χ2n) is 4.85. The highest BCUT2D eigenvalue weighted by molar-refractivity contribution is 5.90. The van der Waals surface area contributed by atoms with Gasteiger partial charge in [0.15, 0.2) is 12.4 Å². The molecule has 1 amide bonds. The van der Waals surface area contributed by atoms with Crippen molar-refractivity contribution in [3.8, 4) is 5.75 Å². The van der Waals surface area contributed by atoms with Crippen molar-refractivity contribution in [2.24, 2.45) is 7.05 Å². The molecule has 1 saturated carbocycles. The Morgan fingerprint density at radius 2 is 2.11 bits per heavy atom. The normalized spacial score (nSPS) is 15.9. The maximum atomic E-state index is 11.7. The van der Waals surface area contributed by atoms with Crippen molar-refractivity contribution in [1.82, 2.24) is 15.1 Å². The minimum atomic E-state index is -1.07. The lowest BCUT2D eigenvalue weighted by atomic mass is 10.3. The zero-order chi connectivity index (χ0) is 14.2. The van der Waals surface area contributed by atoms with E-state index in [0.717, 1.165) is 5.69 Å². The van der Waals surface area contributed by atoms with Gasteiger partial charge in [-0.25, -0.2) is 4.79 Å². The Morgan fingerprint density at radius 1 is 1.47 bits per heavy atom. The topological polar surface area (TPSA) is 93.5 Å². The number of carboxylic acid groups (broad SMARTS) is 1. The van der Waals surface area contributed by atoms with Gasteiger partial charge in [-0.05, 0) is 26.7 Å². The molecular weight excluding hydrogens is 250 g/mol. The number of hydrogen-bond acceptors (Lipinski definition) is 4. The van der Waals surface area contributed by atoms with E-state index in [0.29, 0.717) is 24.3 Å². The molecule has 0 bridgehead atoms. The van der Waals surface area contributed by atoms with E-state index in [-0.39, 0.29) is 6.61 Å². The van der Waals surface area contributed by atoms with Crippen molar-refractivity contribution in [1.29, 1.82) is 0 Å². The van der Waals surface area contributed by atoms with Crippen LogP contribution in [-0.2, 0) is 16.6 Å². The third-order valence-corrected chi connectivity index (χ3v) is 3.33. The molecule has 0 aromatic carbocycles. The van der Waals surface area contributed by atoms with Crippen LogP contribution in [0.5, 0.6) is 5.75 Å². The smallest absolute Gasteiger partial charge is 0.329 e. The SMILES string of the molecule is Cc1nn(C)c(C)c1OCC(=O)NC1(C(=O)O)CC1. The molecule has 2 N–H and O–H groups in total. The number of rotatable bonds is 5. The quantitative estimate of drug-likeness (QED) is 0.792. The fourth-order valence-corrected chi connectivity index (χ4v) is 1.92. The minimum Gasteiger partial charge on any atom is -0.480 e. The lowest BCUT2D eigenvalue weighted by Gasteiger charge is -2.13. The van der Waals surface area contributed by atoms with Crippen molar-refractivity contribution < 1.29 is 19.4 Å². The van der Waals surface area contributed by atoms with Crippen LogP contribution < -0.4 is 10.1 Å². The fraction of sp³-hybridized carbons (Fsp3) is 0.583. The molecule has 7 heteroatoms. The highest BCUT2D eigenvalue weighted by Crippen LogP contribution is 2.35. The van der Waals surface area contributed by atoms with Crippen molar-refractivity contribution in [3.05, 3.63) is 11.4 Å². The summed E-state index contributed by atoms with van der Waals surface area (Å²) in [5.41, 5.74) is 0.455. The van der Waals surface area contributed by atoms with Crippen LogP contribution in [0.15, 0.2) is 0 Å². The summed E-state index contributed by atoms with van der Waals surface area (Å²) in [5.74, 6) is -0.852. The van der Waals surface area contributed by atoms with Crippen LogP contribution in [0.2, 0.25) is 0 Å². The van der Waals surface area contributed by atoms with Gasteiger partial charge in [0.25, 0.3) is 5.91 Å². The van der Waals surface area contributed by atoms with Crippen molar-refractivity contribution >= 4 is 11.9 Å². The number of aryl methyl sites for hydroxylation is 2. The number of nitrogens with zero attached hydrogens (tertiary/aromatic N) is 2. The van der Waals surface area contributed by atoms with E-state index in [1.54, 1.807) is 18.7 Å². The highest BCUT2D eigenvalue weighted by Gasteiger charge is 2.51. The van der Waals surface area contributed by atoms with E-state index in [2.05, 4.69) is 10.4 Å². The Bertz CT molecular complexity index is 531. The number of carboxylic acids is 1. The molecule has 1 fully saturated rings. The summed E-state index contributed by atoms with van der Waals surface area (Å²) in [6.45, 7) is 3.43. The van der Waals surface area contributed by atoms with Gasteiger partial charge in [-0.1, -0.05) is 0 Å². The first kappa shape index (κ1) is 13.4. The Kier molecular flexibility index (Phi) is 3.21. The van der Waals surface area contributed by atoms with Crippen LogP contribution in [0.25, 0.3) is 0 Å². The molecule has 0 aliphatic heterocycles. The van der Waals surface area contributed by atoms with E-state index in [1.165, 1.54) is 0 Å². The first-order chi connectivity index (χ1) is 8.85. The van der Waals surface area contributed by atoms with Crippen molar-refractivity contribution in [2.75, 3.05) is 6.61 Å². The third-order valence-electron chi connectivity index (χ3n) is 3.33. The predicted octanol–water partition coefficient (Wildman–Crippen LogP) is 0.149. The second-order valence-corrected chi connectivity index (χ2v) is 4.85. The molecule has 1 aromatic heterocycles. The van der Waals surface area contributed by atoms with Gasteiger partial charge >= 0.3 is 5.97 Å². The third kappa shape index (κ3) is 2.54. The van der Waals surface area contributed by atoms with E-state index in [4.69, 9.17) is 9.84 Å². The highest BCUT2D eigenvalue weighted by atomic mass is 16.5. The number of carbonyl (C=O) groups is 2. The molecular formula is C12H17N3O4. The molecule has 1 aliphatic rings. The van der Waals surface area contributed by atoms with E-state index in [9.17, 15) is 9.59 Å². The number of aromatic nitrogens is 2. The van der Waals surface area contributed by atoms with Gasteiger partial charge in [-0.2, -0.15) is 5.10 Å². The van der Waals surface area contributed by atoms with Gasteiger partial charge in [0.2, 0.25) is 0 Å². The summed E-state index contributed by atoms with van der Waals surface area (Å²) < 4.78 is 7.08. The number of nitrogens with one attached hydrogen (secondary N) is 1. The molecule has 1 aromatic rings. The second kappa shape index (κ2) is 4.56. The Morgan fingerprint density at radius 3 is 2.53 bits per heavy atom. The molecule has 0 saturated heterocycles. The van der Waals surface area contributed by atoms with E-state index < -0.39 is 17.4 Å². The van der Waals surface area contributed by atoms with Gasteiger partial charge in [0.05, 0.1) is 5.69 Å². The molecule has 7 nitrogen and oxygen atoms in total. The lowest BCUT2D eigenvalue weighted by Crippen LogP contribution is -2.45. The summed E-state index contributed by atoms with van der Waals surface area (Å²) in [6, 6.07) is 0. The minimum absolute atomic E-state index is 0.206. The Hall–Kier alpha value is -2.05. The number of carbonyl (C=O) groups excluding carboxylic acids is 1. The summed E-state index contributed by atoms with van der Waals surface area (Å²) in [5, 5.41) is 15.6. The summed E-state index contributed by atoms with van der Waals surface area (Å²) in [4.78, 5) is 22.6. The van der Waals surface area contributed by atoms with E-state index in [1.807, 2.05) is 6.92 Å². The van der Waals surface area contributed by atoms with Gasteiger partial charge < -0.3 is 15.2 Å². The summed E-state index contributed by atoms with van der Waals surface area (Å²) >= 11 is 0. The van der Waals surface area contributed by atoms with Crippen LogP contribution in [-0.4, -0.2) is 38.9 Å². The van der Waals surface area contributed by atoms with Crippen LogP contribution in [0.1, 0.15) is 24.2 Å². The zero-order valence-electron chi connectivity index (χ0n) is 11.2. The largest absolute Gasteiger partial charge is 0.480 e. The average molecular weight is 267 g/mol. The van der Waals surface area contributed by atoms with E-state index >= 15 is 0 Å². The molecule has 2 rings (SSSR count). The predicted molar refractivity (Wildman–Crippen MR) is 65.9 cm³/mol. The number of hydrogen-bond donors (Lipinski definition) is 2. The van der Waals surface area contributed by atoms with Crippen LogP contribution in [0, 0.1) is 13.8 Å². The Balaban J connectivity index is 1.92. The first-order valence-corrected chi connectivity index (χ1v) is 6.03. The van der Waals surface area contributed by atoms with Crippen LogP contribution >= 0.6 is 0 Å². The number of amides is 1. The number of ether oxygens (including phenoxy) is 1. The summed E-state index contributed by atoms with van der Waals surface area (Å²) in [6.07, 6.45) is 0.943. The zero-order valence-corrected chi connectivity index (χ0v) is 11.2. The van der Waals surface area contributed by atoms with Crippen LogP contribution in [0.4, 0.5) is 0 Å².